The van der Waals surface area contributed by atoms with E-state index in [1.807, 2.05) is 79.4 Å². The second-order valence-electron chi connectivity index (χ2n) is 13.5. The summed E-state index contributed by atoms with van der Waals surface area (Å²) >= 11 is 0. The van der Waals surface area contributed by atoms with Gasteiger partial charge in [-0.3, -0.25) is 9.59 Å². The van der Waals surface area contributed by atoms with E-state index in [2.05, 4.69) is 22.9 Å². The van der Waals surface area contributed by atoms with Gasteiger partial charge in [0.15, 0.2) is 0 Å². The lowest BCUT2D eigenvalue weighted by Crippen LogP contribution is -2.55. The number of aliphatic hydroxyl groups excluding tert-OH is 1. The Bertz CT molecular complexity index is 1190. The molecule has 0 bridgehead atoms. The number of likely N-dealkylation sites (tertiary alicyclic amines) is 1. The molecule has 0 aromatic heterocycles. The SMILES string of the molecule is CCNC1CCN(C(=O)[C@@H](NC(=O)[C@@H](Cc2ccccc2)C[C@H](O)[C@@H](Cc2ccccc2)NC(=O)OC(C)(C)C)C(C)C)CC1. The number of piperidine rings is 1. The molecule has 2 aromatic carbocycles. The van der Waals surface area contributed by atoms with E-state index in [1.54, 1.807) is 20.8 Å². The summed E-state index contributed by atoms with van der Waals surface area (Å²) in [6.45, 7) is 13.5. The predicted molar refractivity (Wildman–Crippen MR) is 178 cm³/mol. The molecule has 4 N–H and O–H groups in total. The van der Waals surface area contributed by atoms with Crippen LogP contribution in [-0.2, 0) is 27.2 Å². The van der Waals surface area contributed by atoms with Gasteiger partial charge in [0.25, 0.3) is 0 Å². The monoisotopic (exact) mass is 622 g/mol. The van der Waals surface area contributed by atoms with Crippen molar-refractivity contribution in [2.24, 2.45) is 11.8 Å². The average molecular weight is 623 g/mol. The molecule has 1 aliphatic rings. The summed E-state index contributed by atoms with van der Waals surface area (Å²) in [5.41, 5.74) is 1.18. The highest BCUT2D eigenvalue weighted by molar-refractivity contribution is 5.89. The van der Waals surface area contributed by atoms with E-state index in [-0.39, 0.29) is 24.2 Å². The zero-order chi connectivity index (χ0) is 33.0. The van der Waals surface area contributed by atoms with Crippen molar-refractivity contribution in [2.45, 2.75) is 103 Å². The first-order chi connectivity index (χ1) is 21.4. The molecule has 0 unspecified atom stereocenters. The molecule has 0 saturated carbocycles. The number of nitrogens with one attached hydrogen (secondary N) is 3. The third-order valence-electron chi connectivity index (χ3n) is 8.22. The van der Waals surface area contributed by atoms with Crippen molar-refractivity contribution < 1.29 is 24.2 Å². The smallest absolute Gasteiger partial charge is 0.407 e. The summed E-state index contributed by atoms with van der Waals surface area (Å²) in [6, 6.07) is 18.3. The fraction of sp³-hybridized carbons (Fsp3) is 0.583. The lowest BCUT2D eigenvalue weighted by Gasteiger charge is -2.36. The third-order valence-corrected chi connectivity index (χ3v) is 8.22. The van der Waals surface area contributed by atoms with E-state index in [1.165, 1.54) is 0 Å². The van der Waals surface area contributed by atoms with Crippen LogP contribution in [0.15, 0.2) is 60.7 Å². The van der Waals surface area contributed by atoms with Gasteiger partial charge in [-0.15, -0.1) is 0 Å². The molecule has 9 nitrogen and oxygen atoms in total. The normalized spacial score (nSPS) is 16.8. The Hall–Kier alpha value is -3.43. The van der Waals surface area contributed by atoms with Crippen LogP contribution in [0.2, 0.25) is 0 Å². The van der Waals surface area contributed by atoms with Crippen LogP contribution >= 0.6 is 0 Å². The molecular formula is C36H54N4O5. The summed E-state index contributed by atoms with van der Waals surface area (Å²) in [7, 11) is 0. The highest BCUT2D eigenvalue weighted by Crippen LogP contribution is 2.21. The Morgan fingerprint density at radius 2 is 1.47 bits per heavy atom. The van der Waals surface area contributed by atoms with Gasteiger partial charge in [0.05, 0.1) is 12.1 Å². The second kappa shape index (κ2) is 17.3. The summed E-state index contributed by atoms with van der Waals surface area (Å²) in [5.74, 6) is -1.12. The number of hydrogen-bond donors (Lipinski definition) is 4. The Balaban J connectivity index is 1.80. The van der Waals surface area contributed by atoms with Crippen molar-refractivity contribution in [1.29, 1.82) is 0 Å². The van der Waals surface area contributed by atoms with Crippen molar-refractivity contribution >= 4 is 17.9 Å². The summed E-state index contributed by atoms with van der Waals surface area (Å²) in [4.78, 5) is 42.3. The molecule has 0 aliphatic carbocycles. The summed E-state index contributed by atoms with van der Waals surface area (Å²) < 4.78 is 5.50. The minimum atomic E-state index is -1.06. The Morgan fingerprint density at radius 1 is 0.911 bits per heavy atom. The zero-order valence-corrected chi connectivity index (χ0v) is 27.9. The van der Waals surface area contributed by atoms with E-state index in [0.29, 0.717) is 32.0 Å². The molecule has 248 valence electrons. The predicted octanol–water partition coefficient (Wildman–Crippen LogP) is 4.47. The number of benzene rings is 2. The van der Waals surface area contributed by atoms with E-state index < -0.39 is 35.8 Å². The molecule has 9 heteroatoms. The number of aliphatic hydroxyl groups is 1. The first-order valence-electron chi connectivity index (χ1n) is 16.4. The topological polar surface area (TPSA) is 120 Å². The number of carbonyl (C=O) groups excluding carboxylic acids is 3. The number of nitrogens with zero attached hydrogens (tertiary/aromatic N) is 1. The number of hydrogen-bond acceptors (Lipinski definition) is 6. The molecule has 0 spiro atoms. The van der Waals surface area contributed by atoms with Gasteiger partial charge >= 0.3 is 6.09 Å². The molecule has 0 radical (unpaired) electrons. The molecule has 1 saturated heterocycles. The van der Waals surface area contributed by atoms with Crippen LogP contribution in [0.5, 0.6) is 0 Å². The van der Waals surface area contributed by atoms with E-state index in [0.717, 1.165) is 30.5 Å². The fourth-order valence-electron chi connectivity index (χ4n) is 5.82. The summed E-state index contributed by atoms with van der Waals surface area (Å²) in [5, 5.41) is 21.0. The standard InChI is InChI=1S/C36H54N4O5/c1-7-37-29-18-20-40(21-19-29)34(43)32(25(2)3)39-33(42)28(22-26-14-10-8-11-15-26)24-31(41)30(23-27-16-12-9-13-17-27)38-35(44)45-36(4,5)6/h8-17,25,28-32,37,41H,7,18-24H2,1-6H3,(H,38,44)(H,39,42)/t28-,30+,31-,32-/m0/s1. The van der Waals surface area contributed by atoms with Gasteiger partial charge in [-0.2, -0.15) is 0 Å². The summed E-state index contributed by atoms with van der Waals surface area (Å²) in [6.07, 6.45) is 0.896. The second-order valence-corrected chi connectivity index (χ2v) is 13.5. The van der Waals surface area contributed by atoms with Gasteiger partial charge in [0.1, 0.15) is 11.6 Å². The van der Waals surface area contributed by atoms with Gasteiger partial charge in [0.2, 0.25) is 11.8 Å². The zero-order valence-electron chi connectivity index (χ0n) is 27.9. The van der Waals surface area contributed by atoms with Crippen molar-refractivity contribution in [3.05, 3.63) is 71.8 Å². The third kappa shape index (κ3) is 12.1. The number of ether oxygens (including phenoxy) is 1. The minimum absolute atomic E-state index is 0.0687. The van der Waals surface area contributed by atoms with E-state index in [9.17, 15) is 19.5 Å². The van der Waals surface area contributed by atoms with Crippen LogP contribution in [-0.4, -0.2) is 77.4 Å². The minimum Gasteiger partial charge on any atom is -0.444 e. The van der Waals surface area contributed by atoms with Gasteiger partial charge in [-0.25, -0.2) is 4.79 Å². The molecule has 1 fully saturated rings. The van der Waals surface area contributed by atoms with Crippen molar-refractivity contribution in [3.63, 3.8) is 0 Å². The van der Waals surface area contributed by atoms with Crippen LogP contribution in [0, 0.1) is 11.8 Å². The van der Waals surface area contributed by atoms with Gasteiger partial charge < -0.3 is 30.7 Å². The Kier molecular flexibility index (Phi) is 13.9. The maximum absolute atomic E-state index is 14.0. The molecular weight excluding hydrogens is 568 g/mol. The Morgan fingerprint density at radius 3 is 1.98 bits per heavy atom. The van der Waals surface area contributed by atoms with Crippen molar-refractivity contribution in [2.75, 3.05) is 19.6 Å². The van der Waals surface area contributed by atoms with Gasteiger partial charge in [-0.05, 0) is 76.5 Å². The maximum Gasteiger partial charge on any atom is 0.407 e. The number of carbonyl (C=O) groups is 3. The quantitative estimate of drug-likeness (QED) is 0.247. The molecule has 1 aliphatic heterocycles. The number of alkyl carbamates (subject to hydrolysis) is 1. The molecule has 45 heavy (non-hydrogen) atoms. The average Bonchev–Trinajstić information content (AvgIpc) is 2.99. The molecule has 3 rings (SSSR count). The van der Waals surface area contributed by atoms with Gasteiger partial charge in [0, 0.05) is 25.0 Å². The Labute approximate surface area is 269 Å². The molecule has 4 atom stereocenters. The lowest BCUT2D eigenvalue weighted by atomic mass is 9.88. The van der Waals surface area contributed by atoms with Crippen LogP contribution in [0.25, 0.3) is 0 Å². The van der Waals surface area contributed by atoms with Crippen LogP contribution in [0.1, 0.15) is 71.9 Å². The molecule has 1 heterocycles. The lowest BCUT2D eigenvalue weighted by molar-refractivity contribution is -0.139. The van der Waals surface area contributed by atoms with Crippen LogP contribution < -0.4 is 16.0 Å². The van der Waals surface area contributed by atoms with E-state index >= 15 is 0 Å². The fourth-order valence-corrected chi connectivity index (χ4v) is 5.82. The first-order valence-corrected chi connectivity index (χ1v) is 16.4. The van der Waals surface area contributed by atoms with E-state index in [4.69, 9.17) is 4.74 Å². The molecule has 2 aromatic rings. The number of rotatable bonds is 14. The van der Waals surface area contributed by atoms with Crippen molar-refractivity contribution in [3.8, 4) is 0 Å². The largest absolute Gasteiger partial charge is 0.444 e. The van der Waals surface area contributed by atoms with Crippen LogP contribution in [0.4, 0.5) is 4.79 Å². The molecule has 3 amide bonds. The van der Waals surface area contributed by atoms with Crippen LogP contribution in [0.3, 0.4) is 0 Å². The maximum atomic E-state index is 14.0. The first kappa shape index (κ1) is 36.0. The van der Waals surface area contributed by atoms with Gasteiger partial charge in [-0.1, -0.05) is 81.4 Å². The highest BCUT2D eigenvalue weighted by Gasteiger charge is 2.35. The highest BCUT2D eigenvalue weighted by atomic mass is 16.6. The van der Waals surface area contributed by atoms with Crippen molar-refractivity contribution in [1.82, 2.24) is 20.9 Å². The number of amides is 3.